The Morgan fingerprint density at radius 2 is 2.31 bits per heavy atom. The Morgan fingerprint density at radius 3 is 2.77 bits per heavy atom. The number of oxime groups is 1. The normalized spacial score (nSPS) is 13.5. The number of nitrogens with two attached hydrogens (primary N) is 1. The van der Waals surface area contributed by atoms with Gasteiger partial charge >= 0.3 is 6.03 Å². The van der Waals surface area contributed by atoms with Crippen molar-refractivity contribution in [2.45, 2.75) is 26.3 Å². The Labute approximate surface area is 77.2 Å². The molecule has 0 radical (unpaired) electrons. The molecule has 6 nitrogen and oxygen atoms in total. The second-order valence-corrected chi connectivity index (χ2v) is 2.70. The molecule has 1 unspecified atom stereocenters. The molecule has 0 spiro atoms. The second-order valence-electron chi connectivity index (χ2n) is 2.70. The average molecular weight is 188 g/mol. The van der Waals surface area contributed by atoms with Gasteiger partial charge in [0.15, 0.2) is 0 Å². The minimum atomic E-state index is -0.249. The number of amidine groups is 1. The van der Waals surface area contributed by atoms with Crippen LogP contribution in [-0.2, 0) is 0 Å². The lowest BCUT2D eigenvalue weighted by Gasteiger charge is -2.12. The largest absolute Gasteiger partial charge is 0.409 e. The molecule has 2 amide bonds. The fourth-order valence-corrected chi connectivity index (χ4v) is 0.841. The number of hydrogen-bond donors (Lipinski definition) is 4. The second kappa shape index (κ2) is 6.10. The van der Waals surface area contributed by atoms with Gasteiger partial charge in [0.25, 0.3) is 0 Å². The van der Waals surface area contributed by atoms with E-state index in [0.717, 1.165) is 0 Å². The minimum absolute atomic E-state index is 0.101. The first kappa shape index (κ1) is 11.5. The third-order valence-corrected chi connectivity index (χ3v) is 1.36. The van der Waals surface area contributed by atoms with E-state index < -0.39 is 0 Å². The minimum Gasteiger partial charge on any atom is -0.409 e. The van der Waals surface area contributed by atoms with Gasteiger partial charge in [-0.3, -0.25) is 0 Å². The summed E-state index contributed by atoms with van der Waals surface area (Å²) in [5.41, 5.74) is 5.25. The van der Waals surface area contributed by atoms with Crippen LogP contribution in [0.4, 0.5) is 4.79 Å². The van der Waals surface area contributed by atoms with E-state index in [1.807, 2.05) is 6.92 Å². The molecule has 0 fully saturated rings. The maximum atomic E-state index is 11.0. The molecular formula is C7H16N4O2. The van der Waals surface area contributed by atoms with Crippen LogP contribution in [-0.4, -0.2) is 29.7 Å². The predicted molar refractivity (Wildman–Crippen MR) is 49.7 cm³/mol. The van der Waals surface area contributed by atoms with E-state index in [1.54, 1.807) is 6.92 Å². The van der Waals surface area contributed by atoms with Gasteiger partial charge in [-0.2, -0.15) is 0 Å². The van der Waals surface area contributed by atoms with Crippen molar-refractivity contribution in [3.05, 3.63) is 0 Å². The van der Waals surface area contributed by atoms with Crippen molar-refractivity contribution in [3.8, 4) is 0 Å². The first-order chi connectivity index (χ1) is 6.10. The summed E-state index contributed by atoms with van der Waals surface area (Å²) < 4.78 is 0. The molecule has 0 aromatic carbocycles. The maximum Gasteiger partial charge on any atom is 0.314 e. The molecule has 0 aromatic rings. The Bertz CT molecular complexity index is 193. The van der Waals surface area contributed by atoms with Crippen LogP contribution >= 0.6 is 0 Å². The lowest BCUT2D eigenvalue weighted by atomic mass is 10.2. The number of hydrogen-bond acceptors (Lipinski definition) is 3. The number of urea groups is 1. The van der Waals surface area contributed by atoms with Crippen LogP contribution in [0.1, 0.15) is 20.3 Å². The summed E-state index contributed by atoms with van der Waals surface area (Å²) in [7, 11) is 0. The molecule has 5 N–H and O–H groups in total. The first-order valence-corrected chi connectivity index (χ1v) is 4.10. The molecule has 1 atom stereocenters. The average Bonchev–Trinajstić information content (AvgIpc) is 2.04. The standard InChI is InChI=1S/C7H16N4O2/c1-3-9-7(12)10-5(2)4-6(8)11-13/h5,13H,3-4H2,1-2H3,(H2,8,11)(H2,9,10,12). The van der Waals surface area contributed by atoms with Crippen LogP contribution in [0.5, 0.6) is 0 Å². The van der Waals surface area contributed by atoms with Crippen LogP contribution < -0.4 is 16.4 Å². The molecule has 0 aliphatic heterocycles. The summed E-state index contributed by atoms with van der Waals surface area (Å²) in [5, 5.41) is 16.3. The molecular weight excluding hydrogens is 172 g/mol. The first-order valence-electron chi connectivity index (χ1n) is 4.10. The van der Waals surface area contributed by atoms with Crippen LogP contribution in [0.3, 0.4) is 0 Å². The Kier molecular flexibility index (Phi) is 5.42. The zero-order valence-electron chi connectivity index (χ0n) is 7.87. The Hall–Kier alpha value is -1.46. The van der Waals surface area contributed by atoms with Crippen molar-refractivity contribution < 1.29 is 10.0 Å². The van der Waals surface area contributed by atoms with Crippen molar-refractivity contribution >= 4 is 11.9 Å². The molecule has 0 rings (SSSR count). The van der Waals surface area contributed by atoms with E-state index in [2.05, 4.69) is 15.8 Å². The SMILES string of the molecule is CCNC(=O)NC(C)CC(N)=NO. The topological polar surface area (TPSA) is 99.7 Å². The fourth-order valence-electron chi connectivity index (χ4n) is 0.841. The number of carbonyl (C=O) groups excluding carboxylic acids is 1. The highest BCUT2D eigenvalue weighted by molar-refractivity contribution is 5.81. The quantitative estimate of drug-likeness (QED) is 0.213. The molecule has 0 aliphatic carbocycles. The van der Waals surface area contributed by atoms with Crippen molar-refractivity contribution in [2.75, 3.05) is 6.54 Å². The number of carbonyl (C=O) groups is 1. The van der Waals surface area contributed by atoms with Gasteiger partial charge in [0.1, 0.15) is 5.84 Å². The highest BCUT2D eigenvalue weighted by Crippen LogP contribution is 1.89. The van der Waals surface area contributed by atoms with Gasteiger partial charge in [-0.1, -0.05) is 5.16 Å². The summed E-state index contributed by atoms with van der Waals surface area (Å²) >= 11 is 0. The number of nitrogens with one attached hydrogen (secondary N) is 2. The van der Waals surface area contributed by atoms with E-state index in [-0.39, 0.29) is 17.9 Å². The van der Waals surface area contributed by atoms with E-state index in [0.29, 0.717) is 13.0 Å². The maximum absolute atomic E-state index is 11.0. The van der Waals surface area contributed by atoms with Crippen molar-refractivity contribution in [1.82, 2.24) is 10.6 Å². The summed E-state index contributed by atoms with van der Waals surface area (Å²) in [5.74, 6) is 0.101. The summed E-state index contributed by atoms with van der Waals surface area (Å²) in [6.07, 6.45) is 0.327. The van der Waals surface area contributed by atoms with Crippen molar-refractivity contribution in [2.24, 2.45) is 10.9 Å². The lowest BCUT2D eigenvalue weighted by Crippen LogP contribution is -2.42. The van der Waals surface area contributed by atoms with E-state index in [1.165, 1.54) is 0 Å². The van der Waals surface area contributed by atoms with Gasteiger partial charge < -0.3 is 21.6 Å². The molecule has 0 bridgehead atoms. The molecule has 0 aromatic heterocycles. The third-order valence-electron chi connectivity index (χ3n) is 1.36. The number of rotatable bonds is 4. The number of nitrogens with zero attached hydrogens (tertiary/aromatic N) is 1. The van der Waals surface area contributed by atoms with Gasteiger partial charge in [0, 0.05) is 19.0 Å². The Morgan fingerprint density at radius 1 is 1.69 bits per heavy atom. The monoisotopic (exact) mass is 188 g/mol. The van der Waals surface area contributed by atoms with Crippen LogP contribution in [0, 0.1) is 0 Å². The summed E-state index contributed by atoms with van der Waals surface area (Å²) in [6.45, 7) is 4.17. The molecule has 6 heteroatoms. The van der Waals surface area contributed by atoms with Gasteiger partial charge in [-0.25, -0.2) is 4.79 Å². The molecule has 0 saturated carbocycles. The predicted octanol–water partition coefficient (Wildman–Crippen LogP) is -0.169. The van der Waals surface area contributed by atoms with E-state index in [4.69, 9.17) is 10.9 Å². The molecule has 0 saturated heterocycles. The van der Waals surface area contributed by atoms with Gasteiger partial charge in [0.05, 0.1) is 0 Å². The van der Waals surface area contributed by atoms with E-state index >= 15 is 0 Å². The van der Waals surface area contributed by atoms with Crippen LogP contribution in [0.25, 0.3) is 0 Å². The molecule has 13 heavy (non-hydrogen) atoms. The zero-order chi connectivity index (χ0) is 10.3. The lowest BCUT2D eigenvalue weighted by molar-refractivity contribution is 0.238. The summed E-state index contributed by atoms with van der Waals surface area (Å²) in [4.78, 5) is 11.0. The van der Waals surface area contributed by atoms with Gasteiger partial charge in [0.2, 0.25) is 0 Å². The third kappa shape index (κ3) is 5.77. The molecule has 0 heterocycles. The summed E-state index contributed by atoms with van der Waals surface area (Å²) in [6, 6.07) is -0.400. The van der Waals surface area contributed by atoms with Crippen LogP contribution in [0.2, 0.25) is 0 Å². The van der Waals surface area contributed by atoms with Crippen LogP contribution in [0.15, 0.2) is 5.16 Å². The van der Waals surface area contributed by atoms with Gasteiger partial charge in [-0.15, -0.1) is 0 Å². The molecule has 76 valence electrons. The van der Waals surface area contributed by atoms with Crippen molar-refractivity contribution in [1.29, 1.82) is 0 Å². The van der Waals surface area contributed by atoms with E-state index in [9.17, 15) is 4.79 Å². The highest BCUT2D eigenvalue weighted by Gasteiger charge is 2.07. The molecule has 0 aliphatic rings. The number of amides is 2. The van der Waals surface area contributed by atoms with Gasteiger partial charge in [-0.05, 0) is 13.8 Å². The fraction of sp³-hybridized carbons (Fsp3) is 0.714. The highest BCUT2D eigenvalue weighted by atomic mass is 16.4. The Balaban J connectivity index is 3.73. The zero-order valence-corrected chi connectivity index (χ0v) is 7.87. The smallest absolute Gasteiger partial charge is 0.314 e. The van der Waals surface area contributed by atoms with Crippen molar-refractivity contribution in [3.63, 3.8) is 0 Å².